The van der Waals surface area contributed by atoms with Gasteiger partial charge in [0.2, 0.25) is 5.95 Å². The summed E-state index contributed by atoms with van der Waals surface area (Å²) in [7, 11) is 0. The van der Waals surface area contributed by atoms with E-state index in [1.807, 2.05) is 6.07 Å². The smallest absolute Gasteiger partial charge is 0.261 e. The highest BCUT2D eigenvalue weighted by atomic mass is 127. The molecule has 2 aromatic rings. The largest absolute Gasteiger partial charge is 0.372 e. The van der Waals surface area contributed by atoms with E-state index < -0.39 is 13.0 Å². The number of anilines is 2. The van der Waals surface area contributed by atoms with Gasteiger partial charge in [0.1, 0.15) is 18.2 Å². The molecule has 3 atom stereocenters. The van der Waals surface area contributed by atoms with Gasteiger partial charge in [-0.2, -0.15) is 15.1 Å². The normalized spacial score (nSPS) is 25.3. The number of alkyl halides is 2. The Morgan fingerprint density at radius 1 is 1.30 bits per heavy atom. The van der Waals surface area contributed by atoms with Crippen LogP contribution in [0.5, 0.6) is 0 Å². The van der Waals surface area contributed by atoms with Crippen LogP contribution in [0.25, 0.3) is 0 Å². The van der Waals surface area contributed by atoms with Gasteiger partial charge in [0.15, 0.2) is 3.83 Å². The summed E-state index contributed by atoms with van der Waals surface area (Å²) in [6, 6.07) is 1.99. The number of ether oxygens (including phenoxy) is 1. The van der Waals surface area contributed by atoms with Crippen molar-refractivity contribution in [1.82, 2.24) is 25.1 Å². The average molecular weight is 490 g/mol. The van der Waals surface area contributed by atoms with E-state index in [1.165, 1.54) is 12.8 Å². The van der Waals surface area contributed by atoms with Gasteiger partial charge in [-0.25, -0.2) is 13.8 Å². The lowest BCUT2D eigenvalue weighted by molar-refractivity contribution is -0.0225. The molecule has 2 heterocycles. The molecule has 10 heteroatoms. The third kappa shape index (κ3) is 4.71. The van der Waals surface area contributed by atoms with Gasteiger partial charge < -0.3 is 10.1 Å². The fourth-order valence-electron chi connectivity index (χ4n) is 3.59. The molecule has 0 saturated heterocycles. The molecule has 2 fully saturated rings. The summed E-state index contributed by atoms with van der Waals surface area (Å²) in [6.45, 7) is 1.56. The van der Waals surface area contributed by atoms with E-state index >= 15 is 0 Å². The van der Waals surface area contributed by atoms with Crippen molar-refractivity contribution in [2.24, 2.45) is 5.92 Å². The van der Waals surface area contributed by atoms with Gasteiger partial charge in [0.05, 0.1) is 11.8 Å². The predicted octanol–water partition coefficient (Wildman–Crippen LogP) is 3.98. The van der Waals surface area contributed by atoms with Crippen LogP contribution in [0.4, 0.5) is 20.5 Å². The van der Waals surface area contributed by atoms with Crippen LogP contribution in [0.3, 0.4) is 0 Å². The minimum absolute atomic E-state index is 0.0635. The van der Waals surface area contributed by atoms with Crippen LogP contribution in [0.1, 0.15) is 56.0 Å². The first kappa shape index (κ1) is 18.9. The van der Waals surface area contributed by atoms with Gasteiger partial charge in [0, 0.05) is 40.5 Å². The van der Waals surface area contributed by atoms with Crippen LogP contribution in [0.15, 0.2) is 6.07 Å². The highest BCUT2D eigenvalue weighted by molar-refractivity contribution is 14.1. The van der Waals surface area contributed by atoms with Crippen molar-refractivity contribution in [1.29, 1.82) is 0 Å². The number of aromatic nitrogens is 5. The van der Waals surface area contributed by atoms with Crippen molar-refractivity contribution in [3.8, 4) is 0 Å². The second-order valence-electron chi connectivity index (χ2n) is 7.29. The van der Waals surface area contributed by atoms with Crippen molar-refractivity contribution in [3.05, 3.63) is 21.4 Å². The SMILES string of the molecule is C[C@@H]1C[C@H](OCC(F)F)CC1c1nc(I)nc(Nc2cc(C3CC3)n[nH]2)n1. The third-order valence-electron chi connectivity index (χ3n) is 5.09. The number of H-pyrrole nitrogens is 1. The molecule has 2 aromatic heterocycles. The molecule has 4 rings (SSSR count). The number of rotatable bonds is 7. The Balaban J connectivity index is 1.46. The van der Waals surface area contributed by atoms with Crippen molar-refractivity contribution >= 4 is 34.4 Å². The number of hydrogen-bond acceptors (Lipinski definition) is 6. The minimum atomic E-state index is -2.44. The van der Waals surface area contributed by atoms with Crippen LogP contribution in [0.2, 0.25) is 0 Å². The maximum atomic E-state index is 12.4. The number of hydrogen-bond donors (Lipinski definition) is 2. The van der Waals surface area contributed by atoms with E-state index in [-0.39, 0.29) is 17.9 Å². The van der Waals surface area contributed by atoms with Crippen LogP contribution in [0, 0.1) is 9.75 Å². The van der Waals surface area contributed by atoms with Crippen molar-refractivity contribution in [2.45, 2.75) is 57.0 Å². The first-order chi connectivity index (χ1) is 13.0. The number of nitrogens with zero attached hydrogens (tertiary/aromatic N) is 4. The van der Waals surface area contributed by atoms with E-state index in [0.29, 0.717) is 27.9 Å². The zero-order valence-corrected chi connectivity index (χ0v) is 17.0. The molecular formula is C17H21F2IN6O. The maximum absolute atomic E-state index is 12.4. The van der Waals surface area contributed by atoms with Gasteiger partial charge in [-0.1, -0.05) is 6.92 Å². The fraction of sp³-hybridized carbons (Fsp3) is 0.647. The van der Waals surface area contributed by atoms with Crippen LogP contribution >= 0.6 is 22.6 Å². The molecule has 0 amide bonds. The summed E-state index contributed by atoms with van der Waals surface area (Å²) >= 11 is 2.07. The molecule has 2 N–H and O–H groups in total. The molecule has 0 aromatic carbocycles. The molecule has 1 unspecified atom stereocenters. The van der Waals surface area contributed by atoms with Gasteiger partial charge in [-0.3, -0.25) is 5.10 Å². The Morgan fingerprint density at radius 2 is 2.11 bits per heavy atom. The highest BCUT2D eigenvalue weighted by Gasteiger charge is 2.35. The number of halogens is 3. The lowest BCUT2D eigenvalue weighted by Gasteiger charge is -2.14. The molecule has 0 bridgehead atoms. The number of aromatic amines is 1. The lowest BCUT2D eigenvalue weighted by atomic mass is 9.97. The van der Waals surface area contributed by atoms with E-state index in [1.54, 1.807) is 0 Å². The topological polar surface area (TPSA) is 88.6 Å². The molecule has 27 heavy (non-hydrogen) atoms. The van der Waals surface area contributed by atoms with Gasteiger partial charge in [0.25, 0.3) is 6.43 Å². The average Bonchev–Trinajstić information content (AvgIpc) is 3.24. The Bertz CT molecular complexity index is 799. The standard InChI is InChI=1S/C17H21F2IN6O/c1-8-4-10(27-7-13(18)19)5-11(8)15-22-16(20)24-17(23-15)21-14-6-12(25-26-14)9-2-3-9/h6,8-11,13H,2-5,7H2,1H3,(H2,21,22,23,24,25,26)/t8-,10+,11?/m1/s1. The summed E-state index contributed by atoms with van der Waals surface area (Å²) in [6.07, 6.45) is 1.12. The predicted molar refractivity (Wildman–Crippen MR) is 103 cm³/mol. The monoisotopic (exact) mass is 490 g/mol. The van der Waals surface area contributed by atoms with Gasteiger partial charge in [-0.15, -0.1) is 0 Å². The van der Waals surface area contributed by atoms with Crippen molar-refractivity contribution in [2.75, 3.05) is 11.9 Å². The molecule has 7 nitrogen and oxygen atoms in total. The number of nitrogens with one attached hydrogen (secondary N) is 2. The van der Waals surface area contributed by atoms with E-state index in [4.69, 9.17) is 4.74 Å². The Labute approximate surface area is 169 Å². The zero-order valence-electron chi connectivity index (χ0n) is 14.8. The van der Waals surface area contributed by atoms with Gasteiger partial charge >= 0.3 is 0 Å². The second-order valence-corrected chi connectivity index (χ2v) is 8.26. The Morgan fingerprint density at radius 3 is 2.85 bits per heavy atom. The minimum Gasteiger partial charge on any atom is -0.372 e. The first-order valence-electron chi connectivity index (χ1n) is 9.11. The summed E-state index contributed by atoms with van der Waals surface area (Å²) in [5.74, 6) is 2.77. The van der Waals surface area contributed by atoms with Gasteiger partial charge in [-0.05, 0) is 31.6 Å². The summed E-state index contributed by atoms with van der Waals surface area (Å²) in [5.41, 5.74) is 1.06. The molecule has 0 spiro atoms. The molecule has 2 saturated carbocycles. The molecule has 0 aliphatic heterocycles. The summed E-state index contributed by atoms with van der Waals surface area (Å²) in [4.78, 5) is 13.4. The first-order valence-corrected chi connectivity index (χ1v) is 10.2. The molecule has 0 radical (unpaired) electrons. The van der Waals surface area contributed by atoms with E-state index in [2.05, 4.69) is 60.0 Å². The second kappa shape index (κ2) is 7.90. The third-order valence-corrected chi connectivity index (χ3v) is 5.58. The van der Waals surface area contributed by atoms with Crippen molar-refractivity contribution in [3.63, 3.8) is 0 Å². The van der Waals surface area contributed by atoms with Crippen LogP contribution < -0.4 is 5.32 Å². The molecule has 2 aliphatic rings. The zero-order chi connectivity index (χ0) is 19.0. The molecule has 146 valence electrons. The Kier molecular flexibility index (Phi) is 5.53. The molecule has 2 aliphatic carbocycles. The van der Waals surface area contributed by atoms with E-state index in [9.17, 15) is 8.78 Å². The molecular weight excluding hydrogens is 469 g/mol. The van der Waals surface area contributed by atoms with Crippen molar-refractivity contribution < 1.29 is 13.5 Å². The summed E-state index contributed by atoms with van der Waals surface area (Å²) < 4.78 is 30.7. The lowest BCUT2D eigenvalue weighted by Crippen LogP contribution is -2.15. The van der Waals surface area contributed by atoms with Crippen LogP contribution in [-0.2, 0) is 4.74 Å². The van der Waals surface area contributed by atoms with E-state index in [0.717, 1.165) is 17.9 Å². The fourth-order valence-corrected chi connectivity index (χ4v) is 4.07. The van der Waals surface area contributed by atoms with Crippen LogP contribution in [-0.4, -0.2) is 44.3 Å². The highest BCUT2D eigenvalue weighted by Crippen LogP contribution is 2.41. The maximum Gasteiger partial charge on any atom is 0.261 e. The Hall–Kier alpha value is -1.43. The quantitative estimate of drug-likeness (QED) is 0.571. The summed E-state index contributed by atoms with van der Waals surface area (Å²) in [5, 5.41) is 10.4.